The normalized spacial score (nSPS) is 19.5. The second-order valence-electron chi connectivity index (χ2n) is 5.58. The summed E-state index contributed by atoms with van der Waals surface area (Å²) in [5, 5.41) is 2.97. The fraction of sp³-hybridized carbons (Fsp3) is 0.278. The molecule has 0 bridgehead atoms. The average molecular weight is 296 g/mol. The van der Waals surface area contributed by atoms with Gasteiger partial charge in [-0.1, -0.05) is 54.6 Å². The first kappa shape index (κ1) is 14.6. The number of nitrogens with two attached hydrogens (primary N) is 1. The van der Waals surface area contributed by atoms with Crippen molar-refractivity contribution < 1.29 is 9.53 Å². The summed E-state index contributed by atoms with van der Waals surface area (Å²) in [6.07, 6.45) is 0.500. The second kappa shape index (κ2) is 6.62. The SMILES string of the molecule is NCC1Cc2ccccc2C1NC(=O)OCc1ccccc1. The molecule has 3 N–H and O–H groups in total. The van der Waals surface area contributed by atoms with Crippen molar-refractivity contribution in [2.45, 2.75) is 19.1 Å². The highest BCUT2D eigenvalue weighted by Crippen LogP contribution is 2.35. The van der Waals surface area contributed by atoms with E-state index in [4.69, 9.17) is 10.5 Å². The molecule has 22 heavy (non-hydrogen) atoms. The molecule has 4 nitrogen and oxygen atoms in total. The number of amides is 1. The molecule has 0 saturated carbocycles. The highest BCUT2D eigenvalue weighted by Gasteiger charge is 2.32. The Balaban J connectivity index is 1.63. The van der Waals surface area contributed by atoms with Gasteiger partial charge in [0.15, 0.2) is 0 Å². The van der Waals surface area contributed by atoms with E-state index in [1.807, 2.05) is 48.5 Å². The third-order valence-corrected chi connectivity index (χ3v) is 4.13. The number of carbonyl (C=O) groups excluding carboxylic acids is 1. The predicted octanol–water partition coefficient (Wildman–Crippen LogP) is 2.79. The largest absolute Gasteiger partial charge is 0.445 e. The molecule has 0 heterocycles. The number of hydrogen-bond donors (Lipinski definition) is 2. The van der Waals surface area contributed by atoms with Gasteiger partial charge in [-0.25, -0.2) is 4.79 Å². The molecule has 0 aliphatic heterocycles. The number of ether oxygens (including phenoxy) is 1. The van der Waals surface area contributed by atoms with E-state index < -0.39 is 6.09 Å². The Morgan fingerprint density at radius 1 is 1.14 bits per heavy atom. The average Bonchev–Trinajstić information content (AvgIpc) is 2.92. The topological polar surface area (TPSA) is 64.3 Å². The Morgan fingerprint density at radius 3 is 2.64 bits per heavy atom. The molecule has 1 amide bonds. The number of fused-ring (bicyclic) bond motifs is 1. The lowest BCUT2D eigenvalue weighted by atomic mass is 10.0. The molecule has 2 aromatic carbocycles. The van der Waals surface area contributed by atoms with Crippen molar-refractivity contribution in [3.05, 3.63) is 71.3 Å². The zero-order chi connectivity index (χ0) is 15.4. The maximum absolute atomic E-state index is 12.1. The Kier molecular flexibility index (Phi) is 4.39. The molecule has 2 unspecified atom stereocenters. The third kappa shape index (κ3) is 3.12. The minimum Gasteiger partial charge on any atom is -0.445 e. The molecule has 0 fully saturated rings. The van der Waals surface area contributed by atoms with Crippen LogP contribution in [-0.2, 0) is 17.8 Å². The molecule has 4 heteroatoms. The van der Waals surface area contributed by atoms with Gasteiger partial charge in [-0.05, 0) is 35.6 Å². The number of nitrogens with one attached hydrogen (secondary N) is 1. The fourth-order valence-electron chi connectivity index (χ4n) is 2.98. The van der Waals surface area contributed by atoms with Crippen molar-refractivity contribution in [3.8, 4) is 0 Å². The number of hydrogen-bond acceptors (Lipinski definition) is 3. The summed E-state index contributed by atoms with van der Waals surface area (Å²) in [4.78, 5) is 12.1. The highest BCUT2D eigenvalue weighted by molar-refractivity contribution is 5.68. The van der Waals surface area contributed by atoms with Crippen LogP contribution >= 0.6 is 0 Å². The van der Waals surface area contributed by atoms with E-state index in [0.29, 0.717) is 6.54 Å². The quantitative estimate of drug-likeness (QED) is 0.912. The molecular formula is C18H20N2O2. The van der Waals surface area contributed by atoms with Crippen molar-refractivity contribution in [3.63, 3.8) is 0 Å². The van der Waals surface area contributed by atoms with Gasteiger partial charge in [0.05, 0.1) is 6.04 Å². The van der Waals surface area contributed by atoms with E-state index in [-0.39, 0.29) is 18.6 Å². The first-order valence-corrected chi connectivity index (χ1v) is 7.53. The van der Waals surface area contributed by atoms with Crippen LogP contribution in [0.4, 0.5) is 4.79 Å². The lowest BCUT2D eigenvalue weighted by Crippen LogP contribution is -2.34. The Hall–Kier alpha value is -2.33. The lowest BCUT2D eigenvalue weighted by molar-refractivity contribution is 0.133. The zero-order valence-corrected chi connectivity index (χ0v) is 12.4. The van der Waals surface area contributed by atoms with Gasteiger partial charge >= 0.3 is 6.09 Å². The van der Waals surface area contributed by atoms with Crippen LogP contribution in [0, 0.1) is 5.92 Å². The summed E-state index contributed by atoms with van der Waals surface area (Å²) in [6.45, 7) is 0.812. The maximum Gasteiger partial charge on any atom is 0.407 e. The Labute approximate surface area is 130 Å². The molecule has 114 valence electrons. The van der Waals surface area contributed by atoms with Crippen LogP contribution in [0.25, 0.3) is 0 Å². The first-order chi connectivity index (χ1) is 10.8. The molecule has 3 rings (SSSR count). The molecule has 0 aromatic heterocycles. The van der Waals surface area contributed by atoms with E-state index in [1.54, 1.807) is 0 Å². The summed E-state index contributed by atoms with van der Waals surface area (Å²) >= 11 is 0. The second-order valence-corrected chi connectivity index (χ2v) is 5.58. The van der Waals surface area contributed by atoms with E-state index in [2.05, 4.69) is 11.4 Å². The highest BCUT2D eigenvalue weighted by atomic mass is 16.5. The Bertz CT molecular complexity index is 643. The van der Waals surface area contributed by atoms with Gasteiger partial charge in [0, 0.05) is 0 Å². The molecule has 1 aliphatic carbocycles. The van der Waals surface area contributed by atoms with Crippen LogP contribution in [0.3, 0.4) is 0 Å². The number of alkyl carbamates (subject to hydrolysis) is 1. The van der Waals surface area contributed by atoms with Crippen LogP contribution in [0.1, 0.15) is 22.7 Å². The summed E-state index contributed by atoms with van der Waals surface area (Å²) in [6, 6.07) is 17.7. The molecule has 0 radical (unpaired) electrons. The van der Waals surface area contributed by atoms with Gasteiger partial charge in [-0.2, -0.15) is 0 Å². The summed E-state index contributed by atoms with van der Waals surface area (Å²) in [5.41, 5.74) is 9.23. The molecule has 1 aliphatic rings. The third-order valence-electron chi connectivity index (χ3n) is 4.13. The number of carbonyl (C=O) groups is 1. The molecule has 2 aromatic rings. The fourth-order valence-corrected chi connectivity index (χ4v) is 2.98. The van der Waals surface area contributed by atoms with Crippen molar-refractivity contribution in [2.24, 2.45) is 11.7 Å². The molecule has 0 saturated heterocycles. The van der Waals surface area contributed by atoms with Gasteiger partial charge < -0.3 is 15.8 Å². The van der Waals surface area contributed by atoms with Gasteiger partial charge in [-0.3, -0.25) is 0 Å². The predicted molar refractivity (Wildman–Crippen MR) is 85.2 cm³/mol. The summed E-state index contributed by atoms with van der Waals surface area (Å²) in [5.74, 6) is 0.224. The van der Waals surface area contributed by atoms with Gasteiger partial charge in [0.1, 0.15) is 6.61 Å². The van der Waals surface area contributed by atoms with Crippen molar-refractivity contribution in [1.29, 1.82) is 0 Å². The standard InChI is InChI=1S/C18H20N2O2/c19-11-15-10-14-8-4-5-9-16(14)17(15)20-18(21)22-12-13-6-2-1-3-7-13/h1-9,15,17H,10-12,19H2,(H,20,21). The monoisotopic (exact) mass is 296 g/mol. The summed E-state index contributed by atoms with van der Waals surface area (Å²) < 4.78 is 5.31. The molecule has 0 spiro atoms. The van der Waals surface area contributed by atoms with Gasteiger partial charge in [0.2, 0.25) is 0 Å². The van der Waals surface area contributed by atoms with E-state index >= 15 is 0 Å². The molecule has 2 atom stereocenters. The van der Waals surface area contributed by atoms with Gasteiger partial charge in [-0.15, -0.1) is 0 Å². The smallest absolute Gasteiger partial charge is 0.407 e. The van der Waals surface area contributed by atoms with E-state index in [9.17, 15) is 4.79 Å². The minimum absolute atomic E-state index is 0.0653. The zero-order valence-electron chi connectivity index (χ0n) is 12.4. The summed E-state index contributed by atoms with van der Waals surface area (Å²) in [7, 11) is 0. The van der Waals surface area contributed by atoms with Crippen LogP contribution in [0.2, 0.25) is 0 Å². The minimum atomic E-state index is -0.399. The van der Waals surface area contributed by atoms with E-state index in [1.165, 1.54) is 5.56 Å². The lowest BCUT2D eigenvalue weighted by Gasteiger charge is -2.20. The molecular weight excluding hydrogens is 276 g/mol. The van der Waals surface area contributed by atoms with E-state index in [0.717, 1.165) is 17.5 Å². The van der Waals surface area contributed by atoms with Crippen LogP contribution in [0.15, 0.2) is 54.6 Å². The van der Waals surface area contributed by atoms with Crippen molar-refractivity contribution in [1.82, 2.24) is 5.32 Å². The first-order valence-electron chi connectivity index (χ1n) is 7.53. The van der Waals surface area contributed by atoms with Gasteiger partial charge in [0.25, 0.3) is 0 Å². The maximum atomic E-state index is 12.1. The number of benzene rings is 2. The van der Waals surface area contributed by atoms with Crippen LogP contribution < -0.4 is 11.1 Å². The van der Waals surface area contributed by atoms with Crippen molar-refractivity contribution in [2.75, 3.05) is 6.54 Å². The van der Waals surface area contributed by atoms with Crippen LogP contribution in [0.5, 0.6) is 0 Å². The Morgan fingerprint density at radius 2 is 1.86 bits per heavy atom. The van der Waals surface area contributed by atoms with Crippen molar-refractivity contribution >= 4 is 6.09 Å². The number of rotatable bonds is 4. The van der Waals surface area contributed by atoms with Crippen LogP contribution in [-0.4, -0.2) is 12.6 Å².